The van der Waals surface area contributed by atoms with Gasteiger partial charge in [-0.2, -0.15) is 0 Å². The number of nitrogens with zero attached hydrogens (tertiary/aromatic N) is 1. The van der Waals surface area contributed by atoms with Crippen molar-refractivity contribution in [3.63, 3.8) is 0 Å². The van der Waals surface area contributed by atoms with E-state index in [1.165, 1.54) is 25.3 Å². The number of benzene rings is 1. The highest BCUT2D eigenvalue weighted by atomic mass is 35.5. The summed E-state index contributed by atoms with van der Waals surface area (Å²) in [6.07, 6.45) is 3.00. The minimum Gasteiger partial charge on any atom is -0.494 e. The predicted molar refractivity (Wildman–Crippen MR) is 82.8 cm³/mol. The van der Waals surface area contributed by atoms with Crippen LogP contribution in [0.3, 0.4) is 0 Å². The van der Waals surface area contributed by atoms with Gasteiger partial charge in [0.2, 0.25) is 0 Å². The molecule has 0 saturated carbocycles. The number of ether oxygens (including phenoxy) is 1. The third-order valence-corrected chi connectivity index (χ3v) is 3.81. The summed E-state index contributed by atoms with van der Waals surface area (Å²) in [4.78, 5) is 14.2. The minimum atomic E-state index is -0.453. The van der Waals surface area contributed by atoms with E-state index in [9.17, 15) is 9.18 Å². The molecule has 0 aromatic heterocycles. The molecule has 1 aromatic carbocycles. The van der Waals surface area contributed by atoms with Crippen LogP contribution in [0.15, 0.2) is 18.2 Å². The number of hydrogen-bond donors (Lipinski definition) is 1. The van der Waals surface area contributed by atoms with Crippen LogP contribution in [-0.4, -0.2) is 44.1 Å². The quantitative estimate of drug-likeness (QED) is 0.931. The first kappa shape index (κ1) is 17.7. The molecule has 0 bridgehead atoms. The monoisotopic (exact) mass is 316 g/mol. The lowest BCUT2D eigenvalue weighted by Crippen LogP contribution is -2.37. The molecule has 1 amide bonds. The molecule has 1 atom stereocenters. The molecule has 1 aromatic rings. The molecule has 6 heteroatoms. The van der Waals surface area contributed by atoms with Crippen molar-refractivity contribution in [3.05, 3.63) is 29.6 Å². The molecule has 1 N–H and O–H groups in total. The molecule has 1 fully saturated rings. The highest BCUT2D eigenvalue weighted by molar-refractivity contribution is 5.94. The van der Waals surface area contributed by atoms with Crippen molar-refractivity contribution in [3.8, 4) is 5.75 Å². The molecular weight excluding hydrogens is 295 g/mol. The maximum Gasteiger partial charge on any atom is 0.253 e. The Balaban J connectivity index is 0.00000220. The molecule has 0 radical (unpaired) electrons. The number of hydrogen-bond acceptors (Lipinski definition) is 3. The van der Waals surface area contributed by atoms with Crippen molar-refractivity contribution in [1.29, 1.82) is 0 Å². The normalized spacial score (nSPS) is 18.3. The Labute approximate surface area is 131 Å². The second-order valence-corrected chi connectivity index (χ2v) is 5.10. The molecule has 1 aliphatic rings. The smallest absolute Gasteiger partial charge is 0.253 e. The van der Waals surface area contributed by atoms with Crippen LogP contribution in [0.5, 0.6) is 5.75 Å². The molecule has 1 saturated heterocycles. The van der Waals surface area contributed by atoms with Crippen LogP contribution in [0, 0.1) is 5.82 Å². The molecule has 0 spiro atoms. The lowest BCUT2D eigenvalue weighted by molar-refractivity contribution is 0.0720. The number of carbonyl (C=O) groups is 1. The molecule has 2 rings (SSSR count). The van der Waals surface area contributed by atoms with Gasteiger partial charge < -0.3 is 15.0 Å². The Morgan fingerprint density at radius 2 is 2.14 bits per heavy atom. The van der Waals surface area contributed by atoms with Gasteiger partial charge in [0.15, 0.2) is 11.6 Å². The third kappa shape index (κ3) is 4.32. The molecule has 118 valence electrons. The number of methoxy groups -OCH3 is 1. The SMILES string of the molecule is COc1cc(C(=O)N(C)C2CCCNCC2)ccc1F.Cl. The van der Waals surface area contributed by atoms with E-state index in [0.29, 0.717) is 5.56 Å². The standard InChI is InChI=1S/C15H21FN2O2.ClH/c1-18(12-4-3-8-17-9-7-12)15(19)11-5-6-13(16)14(10-11)20-2;/h5-6,10,12,17H,3-4,7-9H2,1-2H3;1H. The van der Waals surface area contributed by atoms with Gasteiger partial charge in [0.1, 0.15) is 0 Å². The van der Waals surface area contributed by atoms with Gasteiger partial charge in [0.05, 0.1) is 7.11 Å². The second kappa shape index (κ2) is 8.20. The highest BCUT2D eigenvalue weighted by Gasteiger charge is 2.22. The van der Waals surface area contributed by atoms with Crippen LogP contribution < -0.4 is 10.1 Å². The number of nitrogens with one attached hydrogen (secondary N) is 1. The van der Waals surface area contributed by atoms with Gasteiger partial charge in [0, 0.05) is 18.7 Å². The van der Waals surface area contributed by atoms with Crippen molar-refractivity contribution >= 4 is 18.3 Å². The zero-order valence-corrected chi connectivity index (χ0v) is 13.2. The van der Waals surface area contributed by atoms with Crippen molar-refractivity contribution in [2.75, 3.05) is 27.2 Å². The summed E-state index contributed by atoms with van der Waals surface area (Å²) in [5, 5.41) is 3.33. The number of halogens is 2. The van der Waals surface area contributed by atoms with Gasteiger partial charge in [-0.25, -0.2) is 4.39 Å². The molecular formula is C15H22ClFN2O2. The lowest BCUT2D eigenvalue weighted by atomic mass is 10.1. The fraction of sp³-hybridized carbons (Fsp3) is 0.533. The summed E-state index contributed by atoms with van der Waals surface area (Å²) in [5.41, 5.74) is 0.461. The minimum absolute atomic E-state index is 0. The summed E-state index contributed by atoms with van der Waals surface area (Å²) in [6.45, 7) is 1.93. The van der Waals surface area contributed by atoms with Crippen molar-refractivity contribution in [1.82, 2.24) is 10.2 Å². The summed E-state index contributed by atoms with van der Waals surface area (Å²) >= 11 is 0. The fourth-order valence-electron chi connectivity index (χ4n) is 2.55. The Hall–Kier alpha value is -1.33. The average Bonchev–Trinajstić information content (AvgIpc) is 2.75. The first-order chi connectivity index (χ1) is 9.63. The molecule has 21 heavy (non-hydrogen) atoms. The van der Waals surface area contributed by atoms with Crippen molar-refractivity contribution in [2.24, 2.45) is 0 Å². The van der Waals surface area contributed by atoms with E-state index < -0.39 is 5.82 Å². The zero-order chi connectivity index (χ0) is 14.5. The van der Waals surface area contributed by atoms with Gasteiger partial charge in [0.25, 0.3) is 5.91 Å². The fourth-order valence-corrected chi connectivity index (χ4v) is 2.55. The van der Waals surface area contributed by atoms with E-state index in [2.05, 4.69) is 5.32 Å². The van der Waals surface area contributed by atoms with Gasteiger partial charge in [-0.3, -0.25) is 4.79 Å². The lowest BCUT2D eigenvalue weighted by Gasteiger charge is -2.27. The summed E-state index contributed by atoms with van der Waals surface area (Å²) in [6, 6.07) is 4.47. The first-order valence-electron chi connectivity index (χ1n) is 6.95. The Morgan fingerprint density at radius 1 is 1.38 bits per heavy atom. The zero-order valence-electron chi connectivity index (χ0n) is 12.4. The van der Waals surface area contributed by atoms with E-state index in [1.807, 2.05) is 7.05 Å². The largest absolute Gasteiger partial charge is 0.494 e. The third-order valence-electron chi connectivity index (χ3n) is 3.81. The number of rotatable bonds is 3. The van der Waals surface area contributed by atoms with Crippen LogP contribution in [-0.2, 0) is 0 Å². The van der Waals surface area contributed by atoms with Crippen molar-refractivity contribution in [2.45, 2.75) is 25.3 Å². The molecule has 0 aliphatic carbocycles. The maximum absolute atomic E-state index is 13.4. The summed E-state index contributed by atoms with van der Waals surface area (Å²) < 4.78 is 18.3. The predicted octanol–water partition coefficient (Wildman–Crippen LogP) is 2.47. The van der Waals surface area contributed by atoms with E-state index in [0.717, 1.165) is 32.4 Å². The first-order valence-corrected chi connectivity index (χ1v) is 6.95. The average molecular weight is 317 g/mol. The van der Waals surface area contributed by atoms with E-state index in [-0.39, 0.29) is 30.1 Å². The van der Waals surface area contributed by atoms with Gasteiger partial charge in [-0.1, -0.05) is 0 Å². The second-order valence-electron chi connectivity index (χ2n) is 5.10. The van der Waals surface area contributed by atoms with E-state index >= 15 is 0 Å². The Morgan fingerprint density at radius 3 is 2.86 bits per heavy atom. The van der Waals surface area contributed by atoms with Crippen LogP contribution >= 0.6 is 12.4 Å². The molecule has 1 heterocycles. The van der Waals surface area contributed by atoms with Gasteiger partial charge >= 0.3 is 0 Å². The van der Waals surface area contributed by atoms with Crippen molar-refractivity contribution < 1.29 is 13.9 Å². The van der Waals surface area contributed by atoms with E-state index in [4.69, 9.17) is 4.74 Å². The van der Waals surface area contributed by atoms with Gasteiger partial charge in [-0.05, 0) is 50.6 Å². The topological polar surface area (TPSA) is 41.6 Å². The van der Waals surface area contributed by atoms with Crippen LogP contribution in [0.1, 0.15) is 29.6 Å². The number of amides is 1. The molecule has 1 aliphatic heterocycles. The molecule has 1 unspecified atom stereocenters. The highest BCUT2D eigenvalue weighted by Crippen LogP contribution is 2.21. The summed E-state index contributed by atoms with van der Waals surface area (Å²) in [7, 11) is 3.21. The van der Waals surface area contributed by atoms with Crippen LogP contribution in [0.25, 0.3) is 0 Å². The van der Waals surface area contributed by atoms with Crippen LogP contribution in [0.4, 0.5) is 4.39 Å². The maximum atomic E-state index is 13.4. The Kier molecular flexibility index (Phi) is 6.92. The van der Waals surface area contributed by atoms with E-state index in [1.54, 1.807) is 4.90 Å². The van der Waals surface area contributed by atoms with Crippen LogP contribution in [0.2, 0.25) is 0 Å². The molecule has 4 nitrogen and oxygen atoms in total. The Bertz CT molecular complexity index is 477. The van der Waals surface area contributed by atoms with Gasteiger partial charge in [-0.15, -0.1) is 12.4 Å². The number of carbonyl (C=O) groups excluding carboxylic acids is 1. The summed E-state index contributed by atoms with van der Waals surface area (Å²) in [5.74, 6) is -0.438.